The van der Waals surface area contributed by atoms with Gasteiger partial charge in [0.05, 0.1) is 18.8 Å². The van der Waals surface area contributed by atoms with Crippen LogP contribution in [0, 0.1) is 6.92 Å². The van der Waals surface area contributed by atoms with Crippen LogP contribution in [0.1, 0.15) is 35.9 Å². The average molecular weight is 329 g/mol. The maximum absolute atomic E-state index is 12.5. The van der Waals surface area contributed by atoms with Gasteiger partial charge in [0.25, 0.3) is 0 Å². The van der Waals surface area contributed by atoms with Crippen molar-refractivity contribution in [2.24, 2.45) is 0 Å². The van der Waals surface area contributed by atoms with Crippen LogP contribution in [-0.2, 0) is 6.42 Å². The van der Waals surface area contributed by atoms with Crippen LogP contribution < -0.4 is 10.1 Å². The van der Waals surface area contributed by atoms with Gasteiger partial charge in [0.15, 0.2) is 5.76 Å². The highest BCUT2D eigenvalue weighted by Crippen LogP contribution is 2.32. The van der Waals surface area contributed by atoms with Crippen molar-refractivity contribution in [3.63, 3.8) is 0 Å². The lowest BCUT2D eigenvalue weighted by molar-refractivity contribution is 0.182. The number of carbonyl (C=O) groups excluding carboxylic acids is 1. The number of methoxy groups -OCH3 is 1. The molecule has 0 spiro atoms. The van der Waals surface area contributed by atoms with Crippen LogP contribution in [0.2, 0.25) is 0 Å². The smallest absolute Gasteiger partial charge is 0.318 e. The lowest BCUT2D eigenvalue weighted by atomic mass is 10.1. The van der Waals surface area contributed by atoms with Gasteiger partial charge in [-0.05, 0) is 43.9 Å². The quantitative estimate of drug-likeness (QED) is 0.915. The van der Waals surface area contributed by atoms with E-state index >= 15 is 0 Å². The number of aromatic nitrogens is 1. The molecule has 3 rings (SSSR count). The molecule has 6 nitrogen and oxygen atoms in total. The Morgan fingerprint density at radius 3 is 3.08 bits per heavy atom. The van der Waals surface area contributed by atoms with Crippen molar-refractivity contribution in [1.82, 2.24) is 15.4 Å². The average Bonchev–Trinajstić information content (AvgIpc) is 3.23. The molecule has 1 N–H and O–H groups in total. The fraction of sp³-hybridized carbons (Fsp3) is 0.444. The van der Waals surface area contributed by atoms with Gasteiger partial charge in [-0.25, -0.2) is 4.79 Å². The summed E-state index contributed by atoms with van der Waals surface area (Å²) in [7, 11) is 1.65. The van der Waals surface area contributed by atoms with Crippen molar-refractivity contribution in [3.8, 4) is 5.75 Å². The summed E-state index contributed by atoms with van der Waals surface area (Å²) in [4.78, 5) is 14.3. The van der Waals surface area contributed by atoms with Crippen LogP contribution in [0.5, 0.6) is 5.75 Å². The third-order valence-corrected chi connectivity index (χ3v) is 4.31. The first-order valence-corrected chi connectivity index (χ1v) is 8.28. The summed E-state index contributed by atoms with van der Waals surface area (Å²) in [6.45, 7) is 3.22. The molecule has 2 amide bonds. The highest BCUT2D eigenvalue weighted by Gasteiger charge is 2.32. The first-order valence-electron chi connectivity index (χ1n) is 8.28. The minimum Gasteiger partial charge on any atom is -0.497 e. The predicted molar refractivity (Wildman–Crippen MR) is 90.0 cm³/mol. The van der Waals surface area contributed by atoms with Crippen molar-refractivity contribution < 1.29 is 14.1 Å². The molecule has 1 aromatic heterocycles. The van der Waals surface area contributed by atoms with Gasteiger partial charge in [-0.2, -0.15) is 0 Å². The van der Waals surface area contributed by atoms with E-state index in [2.05, 4.69) is 10.5 Å². The van der Waals surface area contributed by atoms with Crippen LogP contribution in [0.3, 0.4) is 0 Å². The fourth-order valence-electron chi connectivity index (χ4n) is 3.09. The SMILES string of the molecule is COc1cccc(CCNC(=O)N2CCC[C@@H]2c2cc(C)no2)c1. The molecule has 1 saturated heterocycles. The Kier molecular flexibility index (Phi) is 5.03. The number of amides is 2. The molecular weight excluding hydrogens is 306 g/mol. The topological polar surface area (TPSA) is 67.6 Å². The Labute approximate surface area is 141 Å². The summed E-state index contributed by atoms with van der Waals surface area (Å²) in [5.74, 6) is 1.60. The second-order valence-corrected chi connectivity index (χ2v) is 6.06. The van der Waals surface area contributed by atoms with Gasteiger partial charge < -0.3 is 19.5 Å². The molecule has 1 atom stereocenters. The number of nitrogens with zero attached hydrogens (tertiary/aromatic N) is 2. The van der Waals surface area contributed by atoms with Gasteiger partial charge in [-0.1, -0.05) is 17.3 Å². The summed E-state index contributed by atoms with van der Waals surface area (Å²) in [6, 6.07) is 9.74. The van der Waals surface area contributed by atoms with E-state index in [0.29, 0.717) is 6.54 Å². The summed E-state index contributed by atoms with van der Waals surface area (Å²) >= 11 is 0. The summed E-state index contributed by atoms with van der Waals surface area (Å²) in [5, 5.41) is 6.93. The van der Waals surface area contributed by atoms with E-state index < -0.39 is 0 Å². The van der Waals surface area contributed by atoms with Crippen LogP contribution in [0.4, 0.5) is 4.79 Å². The zero-order chi connectivity index (χ0) is 16.9. The van der Waals surface area contributed by atoms with E-state index in [1.807, 2.05) is 42.2 Å². The van der Waals surface area contributed by atoms with Crippen LogP contribution in [0.15, 0.2) is 34.9 Å². The van der Waals surface area contributed by atoms with E-state index in [1.54, 1.807) is 7.11 Å². The van der Waals surface area contributed by atoms with Crippen molar-refractivity contribution in [2.75, 3.05) is 20.2 Å². The lowest BCUT2D eigenvalue weighted by Crippen LogP contribution is -2.40. The minimum atomic E-state index is -0.0468. The van der Waals surface area contributed by atoms with Crippen molar-refractivity contribution in [1.29, 1.82) is 0 Å². The molecule has 6 heteroatoms. The number of likely N-dealkylation sites (tertiary alicyclic amines) is 1. The number of nitrogens with one attached hydrogen (secondary N) is 1. The van der Waals surface area contributed by atoms with Gasteiger partial charge in [-0.3, -0.25) is 0 Å². The molecule has 24 heavy (non-hydrogen) atoms. The fourth-order valence-corrected chi connectivity index (χ4v) is 3.09. The molecule has 1 aliphatic rings. The molecule has 0 bridgehead atoms. The van der Waals surface area contributed by atoms with Crippen LogP contribution in [-0.4, -0.2) is 36.3 Å². The van der Waals surface area contributed by atoms with Gasteiger partial charge in [0.2, 0.25) is 0 Å². The molecule has 0 unspecified atom stereocenters. The highest BCUT2D eigenvalue weighted by atomic mass is 16.5. The van der Waals surface area contributed by atoms with E-state index in [1.165, 1.54) is 0 Å². The van der Waals surface area contributed by atoms with Crippen LogP contribution >= 0.6 is 0 Å². The predicted octanol–water partition coefficient (Wildman–Crippen LogP) is 3.08. The Morgan fingerprint density at radius 2 is 2.33 bits per heavy atom. The molecule has 0 aliphatic carbocycles. The van der Waals surface area contributed by atoms with E-state index in [0.717, 1.165) is 48.6 Å². The van der Waals surface area contributed by atoms with Gasteiger partial charge in [0, 0.05) is 19.2 Å². The molecule has 1 aliphatic heterocycles. The molecular formula is C18H23N3O3. The largest absolute Gasteiger partial charge is 0.497 e. The van der Waals surface area contributed by atoms with E-state index in [9.17, 15) is 4.79 Å². The molecule has 0 saturated carbocycles. The Bertz CT molecular complexity index is 698. The molecule has 1 fully saturated rings. The summed E-state index contributed by atoms with van der Waals surface area (Å²) in [5.41, 5.74) is 1.98. The van der Waals surface area contributed by atoms with Crippen LogP contribution in [0.25, 0.3) is 0 Å². The number of hydrogen-bond donors (Lipinski definition) is 1. The zero-order valence-corrected chi connectivity index (χ0v) is 14.1. The Hall–Kier alpha value is -2.50. The third-order valence-electron chi connectivity index (χ3n) is 4.31. The first kappa shape index (κ1) is 16.4. The second kappa shape index (κ2) is 7.38. The van der Waals surface area contributed by atoms with E-state index in [4.69, 9.17) is 9.26 Å². The number of aryl methyl sites for hydroxylation is 1. The number of rotatable bonds is 5. The number of ether oxygens (including phenoxy) is 1. The number of benzene rings is 1. The van der Waals surface area contributed by atoms with Gasteiger partial charge in [-0.15, -0.1) is 0 Å². The molecule has 128 valence electrons. The van der Waals surface area contributed by atoms with Gasteiger partial charge in [0.1, 0.15) is 5.75 Å². The molecule has 0 radical (unpaired) electrons. The molecule has 2 aromatic rings. The normalized spacial score (nSPS) is 17.1. The van der Waals surface area contributed by atoms with Crippen molar-refractivity contribution in [2.45, 2.75) is 32.2 Å². The maximum Gasteiger partial charge on any atom is 0.318 e. The Balaban J connectivity index is 1.54. The summed E-state index contributed by atoms with van der Waals surface area (Å²) < 4.78 is 10.6. The van der Waals surface area contributed by atoms with Gasteiger partial charge >= 0.3 is 6.03 Å². The maximum atomic E-state index is 12.5. The highest BCUT2D eigenvalue weighted by molar-refractivity contribution is 5.75. The standard InChI is InChI=1S/C18H23N3O3/c1-13-11-17(24-20-13)16-7-4-10-21(16)18(22)19-9-8-14-5-3-6-15(12-14)23-2/h3,5-6,11-12,16H,4,7-10H2,1-2H3,(H,19,22)/t16-/m1/s1. The summed E-state index contributed by atoms with van der Waals surface area (Å²) in [6.07, 6.45) is 2.66. The second-order valence-electron chi connectivity index (χ2n) is 6.06. The Morgan fingerprint density at radius 1 is 1.46 bits per heavy atom. The molecule has 2 heterocycles. The lowest BCUT2D eigenvalue weighted by Gasteiger charge is -2.23. The molecule has 1 aromatic carbocycles. The van der Waals surface area contributed by atoms with Crippen molar-refractivity contribution >= 4 is 6.03 Å². The first-order chi connectivity index (χ1) is 11.7. The number of urea groups is 1. The number of carbonyl (C=O) groups is 1. The third kappa shape index (κ3) is 3.69. The number of hydrogen-bond acceptors (Lipinski definition) is 4. The minimum absolute atomic E-state index is 0.0111. The van der Waals surface area contributed by atoms with Crippen molar-refractivity contribution in [3.05, 3.63) is 47.3 Å². The monoisotopic (exact) mass is 329 g/mol. The van der Waals surface area contributed by atoms with E-state index in [-0.39, 0.29) is 12.1 Å². The zero-order valence-electron chi connectivity index (χ0n) is 14.1.